The summed E-state index contributed by atoms with van der Waals surface area (Å²) < 4.78 is 1.81. The van der Waals surface area contributed by atoms with Crippen LogP contribution in [0.2, 0.25) is 0 Å². The number of hydrogen-bond acceptors (Lipinski definition) is 4. The van der Waals surface area contributed by atoms with E-state index in [4.69, 9.17) is 0 Å². The average molecular weight is 269 g/mol. The van der Waals surface area contributed by atoms with Gasteiger partial charge in [-0.25, -0.2) is 14.6 Å². The van der Waals surface area contributed by atoms with Crippen molar-refractivity contribution in [2.75, 3.05) is 5.32 Å². The van der Waals surface area contributed by atoms with E-state index < -0.39 is 0 Å². The van der Waals surface area contributed by atoms with Crippen molar-refractivity contribution < 1.29 is 0 Å². The van der Waals surface area contributed by atoms with Gasteiger partial charge in [0.15, 0.2) is 0 Å². The van der Waals surface area contributed by atoms with E-state index in [-0.39, 0.29) is 0 Å². The van der Waals surface area contributed by atoms with Crippen LogP contribution in [-0.4, -0.2) is 19.7 Å². The topological polar surface area (TPSA) is 55.6 Å². The van der Waals surface area contributed by atoms with Crippen LogP contribution in [0.5, 0.6) is 0 Å². The second kappa shape index (κ2) is 6.14. The van der Waals surface area contributed by atoms with Crippen molar-refractivity contribution in [3.8, 4) is 0 Å². The lowest BCUT2D eigenvalue weighted by atomic mass is 10.3. The lowest BCUT2D eigenvalue weighted by Gasteiger charge is -2.04. The Morgan fingerprint density at radius 3 is 2.70 bits per heavy atom. The van der Waals surface area contributed by atoms with E-state index in [0.717, 1.165) is 22.6 Å². The Morgan fingerprint density at radius 1 is 1.25 bits per heavy atom. The van der Waals surface area contributed by atoms with Crippen molar-refractivity contribution in [3.05, 3.63) is 48.1 Å². The van der Waals surface area contributed by atoms with Crippen molar-refractivity contribution in [1.82, 2.24) is 19.7 Å². The number of aromatic nitrogens is 4. The van der Waals surface area contributed by atoms with Gasteiger partial charge in [-0.1, -0.05) is 12.2 Å². The maximum atomic E-state index is 4.39. The number of nitrogens with zero attached hydrogens (tertiary/aromatic N) is 4. The second-order valence-corrected chi connectivity index (χ2v) is 4.47. The molecule has 0 saturated carbocycles. The van der Waals surface area contributed by atoms with E-state index in [2.05, 4.69) is 20.4 Å². The second-order valence-electron chi connectivity index (χ2n) is 4.47. The molecule has 0 fully saturated rings. The molecule has 20 heavy (non-hydrogen) atoms. The molecule has 2 heterocycles. The first-order chi connectivity index (χ1) is 9.63. The summed E-state index contributed by atoms with van der Waals surface area (Å²) in [6.45, 7) is 7.92. The highest BCUT2D eigenvalue weighted by Crippen LogP contribution is 2.15. The highest BCUT2D eigenvalue weighted by atomic mass is 15.3. The monoisotopic (exact) mass is 269 g/mol. The Labute approximate surface area is 119 Å². The quantitative estimate of drug-likeness (QED) is 0.863. The van der Waals surface area contributed by atoms with Gasteiger partial charge in [0.25, 0.3) is 0 Å². The van der Waals surface area contributed by atoms with Crippen molar-refractivity contribution >= 4 is 17.3 Å². The van der Waals surface area contributed by atoms with E-state index in [1.54, 1.807) is 6.20 Å². The molecular weight excluding hydrogens is 250 g/mol. The molecule has 0 aromatic carbocycles. The summed E-state index contributed by atoms with van der Waals surface area (Å²) in [5.41, 5.74) is 3.92. The number of allylic oxidation sites excluding steroid dienone is 4. The summed E-state index contributed by atoms with van der Waals surface area (Å²) in [5.74, 6) is 0.584. The van der Waals surface area contributed by atoms with Crippen molar-refractivity contribution in [2.45, 2.75) is 27.7 Å². The van der Waals surface area contributed by atoms with Crippen molar-refractivity contribution in [1.29, 1.82) is 0 Å². The van der Waals surface area contributed by atoms with E-state index in [9.17, 15) is 0 Å². The lowest BCUT2D eigenvalue weighted by Crippen LogP contribution is -1.99. The number of rotatable bonds is 4. The van der Waals surface area contributed by atoms with Crippen LogP contribution in [0.3, 0.4) is 0 Å². The highest BCUT2D eigenvalue weighted by molar-refractivity contribution is 5.59. The number of hydrogen-bond donors (Lipinski definition) is 1. The fourth-order valence-electron chi connectivity index (χ4n) is 1.72. The summed E-state index contributed by atoms with van der Waals surface area (Å²) in [7, 11) is 0. The molecule has 0 spiro atoms. The summed E-state index contributed by atoms with van der Waals surface area (Å²) >= 11 is 0. The van der Waals surface area contributed by atoms with Crippen LogP contribution >= 0.6 is 0 Å². The summed E-state index contributed by atoms with van der Waals surface area (Å²) in [6, 6.07) is 0. The van der Waals surface area contributed by atoms with Crippen LogP contribution in [0, 0.1) is 13.8 Å². The Kier molecular flexibility index (Phi) is 4.30. The minimum Gasteiger partial charge on any atom is -0.321 e. The largest absolute Gasteiger partial charge is 0.321 e. The fraction of sp³-hybridized carbons (Fsp3) is 0.267. The molecule has 2 rings (SSSR count). The van der Waals surface area contributed by atoms with Crippen LogP contribution in [0.1, 0.15) is 25.1 Å². The molecule has 0 unspecified atom stereocenters. The van der Waals surface area contributed by atoms with E-state index >= 15 is 0 Å². The molecule has 1 N–H and O–H groups in total. The molecule has 0 bridgehead atoms. The molecule has 104 valence electrons. The van der Waals surface area contributed by atoms with Gasteiger partial charge < -0.3 is 5.32 Å². The lowest BCUT2D eigenvalue weighted by molar-refractivity contribution is 0.908. The number of nitrogens with one attached hydrogen (secondary N) is 1. The van der Waals surface area contributed by atoms with Gasteiger partial charge in [0.05, 0.1) is 23.8 Å². The summed E-state index contributed by atoms with van der Waals surface area (Å²) in [5, 5.41) is 7.48. The van der Waals surface area contributed by atoms with Gasteiger partial charge in [0.1, 0.15) is 0 Å². The van der Waals surface area contributed by atoms with Crippen LogP contribution in [-0.2, 0) is 0 Å². The molecule has 2 aromatic heterocycles. The molecule has 0 aliphatic carbocycles. The van der Waals surface area contributed by atoms with Gasteiger partial charge in [-0.3, -0.25) is 0 Å². The average Bonchev–Trinajstić information content (AvgIpc) is 2.88. The first-order valence-corrected chi connectivity index (χ1v) is 6.55. The molecule has 0 atom stereocenters. The molecule has 0 amide bonds. The number of aryl methyl sites for hydroxylation is 2. The maximum absolute atomic E-state index is 4.39. The normalized spacial score (nSPS) is 12.1. The van der Waals surface area contributed by atoms with E-state index in [1.807, 2.05) is 63.0 Å². The maximum Gasteiger partial charge on any atom is 0.227 e. The van der Waals surface area contributed by atoms with Crippen LogP contribution in [0.4, 0.5) is 11.6 Å². The first-order valence-electron chi connectivity index (χ1n) is 6.55. The third-order valence-electron chi connectivity index (χ3n) is 2.96. The fourth-order valence-corrected chi connectivity index (χ4v) is 1.72. The van der Waals surface area contributed by atoms with Gasteiger partial charge in [-0.15, -0.1) is 0 Å². The molecule has 0 radical (unpaired) electrons. The zero-order valence-electron chi connectivity index (χ0n) is 12.3. The summed E-state index contributed by atoms with van der Waals surface area (Å²) in [4.78, 5) is 8.65. The standard InChI is InChI=1S/C15H19N5/c1-5-7-14(6-2)20-10-13(9-17-20)19-15-16-8-11(3)12(4)18-15/h5-10H,1-4H3,(H,16,18,19). The minimum atomic E-state index is 0.584. The Balaban J connectivity index is 2.19. The zero-order valence-corrected chi connectivity index (χ0v) is 12.3. The third kappa shape index (κ3) is 3.12. The van der Waals surface area contributed by atoms with Gasteiger partial charge in [-0.2, -0.15) is 5.10 Å². The van der Waals surface area contributed by atoms with Crippen molar-refractivity contribution in [3.63, 3.8) is 0 Å². The zero-order chi connectivity index (χ0) is 14.5. The summed E-state index contributed by atoms with van der Waals surface area (Å²) in [6.07, 6.45) is 11.5. The molecule has 5 nitrogen and oxygen atoms in total. The molecule has 0 aliphatic rings. The van der Waals surface area contributed by atoms with E-state index in [1.165, 1.54) is 0 Å². The smallest absolute Gasteiger partial charge is 0.227 e. The van der Waals surface area contributed by atoms with Crippen LogP contribution in [0.15, 0.2) is 36.8 Å². The third-order valence-corrected chi connectivity index (χ3v) is 2.96. The molecule has 5 heteroatoms. The van der Waals surface area contributed by atoms with Gasteiger partial charge in [-0.05, 0) is 39.3 Å². The first kappa shape index (κ1) is 14.0. The van der Waals surface area contributed by atoms with Crippen molar-refractivity contribution in [2.24, 2.45) is 0 Å². The highest BCUT2D eigenvalue weighted by Gasteiger charge is 2.04. The Morgan fingerprint density at radius 2 is 2.05 bits per heavy atom. The molecule has 0 aliphatic heterocycles. The van der Waals surface area contributed by atoms with Gasteiger partial charge >= 0.3 is 0 Å². The minimum absolute atomic E-state index is 0.584. The van der Waals surface area contributed by atoms with Gasteiger partial charge in [0.2, 0.25) is 5.95 Å². The Hall–Kier alpha value is -2.43. The molecule has 0 saturated heterocycles. The van der Waals surface area contributed by atoms with E-state index in [0.29, 0.717) is 5.95 Å². The SMILES string of the molecule is CC=CC(=CC)n1cc(Nc2ncc(C)c(C)n2)cn1. The number of anilines is 2. The van der Waals surface area contributed by atoms with Crippen LogP contribution in [0.25, 0.3) is 5.70 Å². The molecular formula is C15H19N5. The molecule has 2 aromatic rings. The van der Waals surface area contributed by atoms with Crippen LogP contribution < -0.4 is 5.32 Å². The Bertz CT molecular complexity index is 652. The van der Waals surface area contributed by atoms with Gasteiger partial charge in [0, 0.05) is 11.9 Å². The predicted octanol–water partition coefficient (Wildman–Crippen LogP) is 3.47. The predicted molar refractivity (Wildman–Crippen MR) is 81.8 cm³/mol.